The van der Waals surface area contributed by atoms with Crippen LogP contribution in [0.4, 0.5) is 8.78 Å². The number of rotatable bonds is 4. The maximum Gasteiger partial charge on any atom is 0.232 e. The fourth-order valence-electron chi connectivity index (χ4n) is 1.84. The van der Waals surface area contributed by atoms with Crippen LogP contribution in [-0.4, -0.2) is 4.98 Å². The molecule has 0 aliphatic rings. The smallest absolute Gasteiger partial charge is 0.232 e. The van der Waals surface area contributed by atoms with Crippen molar-refractivity contribution in [1.82, 2.24) is 4.98 Å². The first-order valence-electron chi connectivity index (χ1n) is 6.30. The second-order valence-electron chi connectivity index (χ2n) is 4.35. The normalized spacial score (nSPS) is 10.6. The summed E-state index contributed by atoms with van der Waals surface area (Å²) in [5, 5.41) is 0. The third-order valence-corrected chi connectivity index (χ3v) is 2.86. The Bertz CT molecular complexity index is 741. The Morgan fingerprint density at radius 1 is 1.05 bits per heavy atom. The lowest BCUT2D eigenvalue weighted by Gasteiger charge is -2.04. The molecule has 0 fully saturated rings. The Labute approximate surface area is 119 Å². The number of ether oxygens (including phenoxy) is 1. The predicted octanol–water partition coefficient (Wildman–Crippen LogP) is 4.20. The van der Waals surface area contributed by atoms with E-state index in [0.29, 0.717) is 11.7 Å². The summed E-state index contributed by atoms with van der Waals surface area (Å²) in [7, 11) is 0. The van der Waals surface area contributed by atoms with Gasteiger partial charge in [-0.1, -0.05) is 30.3 Å². The van der Waals surface area contributed by atoms with Crippen LogP contribution in [-0.2, 0) is 6.61 Å². The van der Waals surface area contributed by atoms with Crippen molar-refractivity contribution in [1.29, 1.82) is 0 Å². The number of nitrogens with zero attached hydrogens (tertiary/aromatic N) is 1. The van der Waals surface area contributed by atoms with E-state index in [-0.39, 0.29) is 12.4 Å². The van der Waals surface area contributed by atoms with Crippen LogP contribution in [0.3, 0.4) is 0 Å². The first-order chi connectivity index (χ1) is 10.2. The van der Waals surface area contributed by atoms with Gasteiger partial charge in [0.25, 0.3) is 0 Å². The summed E-state index contributed by atoms with van der Waals surface area (Å²) in [4.78, 5) is 4.07. The molecule has 0 N–H and O–H groups in total. The Morgan fingerprint density at radius 3 is 2.62 bits per heavy atom. The lowest BCUT2D eigenvalue weighted by atomic mass is 10.2. The minimum Gasteiger partial charge on any atom is -0.481 e. The van der Waals surface area contributed by atoms with Crippen LogP contribution >= 0.6 is 0 Å². The number of aromatic nitrogens is 1. The number of oxazole rings is 1. The van der Waals surface area contributed by atoms with Crippen molar-refractivity contribution in [2.75, 3.05) is 0 Å². The average Bonchev–Trinajstić information content (AvgIpc) is 2.96. The third kappa shape index (κ3) is 3.08. The zero-order valence-corrected chi connectivity index (χ0v) is 10.9. The molecule has 3 aromatic rings. The topological polar surface area (TPSA) is 35.3 Å². The molecule has 21 heavy (non-hydrogen) atoms. The molecule has 1 heterocycles. The molecule has 1 aromatic heterocycles. The second kappa shape index (κ2) is 5.75. The van der Waals surface area contributed by atoms with Gasteiger partial charge in [-0.05, 0) is 12.1 Å². The van der Waals surface area contributed by atoms with Crippen molar-refractivity contribution in [2.45, 2.75) is 6.61 Å². The maximum absolute atomic E-state index is 13.4. The van der Waals surface area contributed by atoms with Crippen molar-refractivity contribution in [3.05, 3.63) is 72.3 Å². The summed E-state index contributed by atoms with van der Waals surface area (Å²) in [6.45, 7) is -0.0324. The van der Waals surface area contributed by atoms with Crippen LogP contribution in [0.15, 0.2) is 59.1 Å². The third-order valence-electron chi connectivity index (χ3n) is 2.86. The average molecular weight is 287 g/mol. The number of hydrogen-bond acceptors (Lipinski definition) is 3. The Morgan fingerprint density at radius 2 is 1.86 bits per heavy atom. The van der Waals surface area contributed by atoms with Gasteiger partial charge in [0.15, 0.2) is 23.9 Å². The van der Waals surface area contributed by atoms with E-state index < -0.39 is 11.6 Å². The molecule has 0 saturated carbocycles. The van der Waals surface area contributed by atoms with Gasteiger partial charge < -0.3 is 9.15 Å². The van der Waals surface area contributed by atoms with E-state index in [1.807, 2.05) is 30.3 Å². The molecule has 0 atom stereocenters. The van der Waals surface area contributed by atoms with Crippen LogP contribution in [0.25, 0.3) is 11.3 Å². The lowest BCUT2D eigenvalue weighted by Crippen LogP contribution is -1.97. The molecular formula is C16H11F2NO2. The highest BCUT2D eigenvalue weighted by Crippen LogP contribution is 2.22. The molecule has 3 nitrogen and oxygen atoms in total. The highest BCUT2D eigenvalue weighted by atomic mass is 19.1. The fourth-order valence-corrected chi connectivity index (χ4v) is 1.84. The monoisotopic (exact) mass is 287 g/mol. The van der Waals surface area contributed by atoms with Crippen molar-refractivity contribution in [3.8, 4) is 17.1 Å². The summed E-state index contributed by atoms with van der Waals surface area (Å²) in [6, 6.07) is 12.6. The SMILES string of the molecule is Fc1ccc(OCc2ncc(-c3ccccc3)o2)c(F)c1. The summed E-state index contributed by atoms with van der Waals surface area (Å²) < 4.78 is 36.9. The van der Waals surface area contributed by atoms with Gasteiger partial charge in [-0.3, -0.25) is 0 Å². The Hall–Kier alpha value is -2.69. The highest BCUT2D eigenvalue weighted by Gasteiger charge is 2.09. The molecule has 3 rings (SSSR count). The van der Waals surface area contributed by atoms with Crippen molar-refractivity contribution in [3.63, 3.8) is 0 Å². The van der Waals surface area contributed by atoms with E-state index in [1.165, 1.54) is 6.07 Å². The Balaban J connectivity index is 1.70. The maximum atomic E-state index is 13.4. The molecule has 0 aliphatic heterocycles. The molecular weight excluding hydrogens is 276 g/mol. The van der Waals surface area contributed by atoms with E-state index in [4.69, 9.17) is 9.15 Å². The molecule has 0 radical (unpaired) electrons. The zero-order valence-electron chi connectivity index (χ0n) is 10.9. The van der Waals surface area contributed by atoms with Gasteiger partial charge >= 0.3 is 0 Å². The number of benzene rings is 2. The lowest BCUT2D eigenvalue weighted by molar-refractivity contribution is 0.253. The first-order valence-corrected chi connectivity index (χ1v) is 6.30. The van der Waals surface area contributed by atoms with Crippen LogP contribution in [0.1, 0.15) is 5.89 Å². The minimum atomic E-state index is -0.759. The molecule has 0 unspecified atom stereocenters. The standard InChI is InChI=1S/C16H11F2NO2/c17-12-6-7-14(13(18)8-12)20-10-16-19-9-15(21-16)11-4-2-1-3-5-11/h1-9H,10H2. The van der Waals surface area contributed by atoms with Gasteiger partial charge in [-0.15, -0.1) is 0 Å². The molecule has 0 aliphatic carbocycles. The second-order valence-corrected chi connectivity index (χ2v) is 4.35. The van der Waals surface area contributed by atoms with Crippen LogP contribution < -0.4 is 4.74 Å². The predicted molar refractivity (Wildman–Crippen MR) is 72.6 cm³/mol. The van der Waals surface area contributed by atoms with E-state index in [2.05, 4.69) is 4.98 Å². The van der Waals surface area contributed by atoms with Gasteiger partial charge in [0.2, 0.25) is 5.89 Å². The van der Waals surface area contributed by atoms with Gasteiger partial charge in [-0.2, -0.15) is 0 Å². The molecule has 5 heteroatoms. The molecule has 0 bridgehead atoms. The van der Waals surface area contributed by atoms with E-state index in [0.717, 1.165) is 17.7 Å². The number of hydrogen-bond donors (Lipinski definition) is 0. The number of halogens is 2. The fraction of sp³-hybridized carbons (Fsp3) is 0.0625. The zero-order chi connectivity index (χ0) is 14.7. The quantitative estimate of drug-likeness (QED) is 0.721. The molecule has 106 valence electrons. The molecule has 0 spiro atoms. The van der Waals surface area contributed by atoms with Gasteiger partial charge in [0.05, 0.1) is 6.20 Å². The largest absolute Gasteiger partial charge is 0.481 e. The molecule has 0 amide bonds. The van der Waals surface area contributed by atoms with Crippen molar-refractivity contribution in [2.24, 2.45) is 0 Å². The molecule has 0 saturated heterocycles. The van der Waals surface area contributed by atoms with E-state index >= 15 is 0 Å². The van der Waals surface area contributed by atoms with Gasteiger partial charge in [0, 0.05) is 11.6 Å². The van der Waals surface area contributed by atoms with Crippen LogP contribution in [0.2, 0.25) is 0 Å². The van der Waals surface area contributed by atoms with Crippen LogP contribution in [0.5, 0.6) is 5.75 Å². The first kappa shape index (κ1) is 13.3. The van der Waals surface area contributed by atoms with Crippen molar-refractivity contribution < 1.29 is 17.9 Å². The van der Waals surface area contributed by atoms with Gasteiger partial charge in [-0.25, -0.2) is 13.8 Å². The highest BCUT2D eigenvalue weighted by molar-refractivity contribution is 5.55. The minimum absolute atomic E-state index is 0.0324. The summed E-state index contributed by atoms with van der Waals surface area (Å²) in [6.07, 6.45) is 1.58. The van der Waals surface area contributed by atoms with E-state index in [1.54, 1.807) is 6.20 Å². The Kier molecular flexibility index (Phi) is 3.64. The molecule has 2 aromatic carbocycles. The van der Waals surface area contributed by atoms with Crippen LogP contribution in [0, 0.1) is 11.6 Å². The van der Waals surface area contributed by atoms with E-state index in [9.17, 15) is 8.78 Å². The summed E-state index contributed by atoms with van der Waals surface area (Å²) in [5.41, 5.74) is 0.893. The summed E-state index contributed by atoms with van der Waals surface area (Å²) in [5.74, 6) is -0.533. The summed E-state index contributed by atoms with van der Waals surface area (Å²) >= 11 is 0. The van der Waals surface area contributed by atoms with Crippen molar-refractivity contribution >= 4 is 0 Å². The van der Waals surface area contributed by atoms with Gasteiger partial charge in [0.1, 0.15) is 5.82 Å².